The third-order valence-electron chi connectivity index (χ3n) is 1.50. The fourth-order valence-corrected chi connectivity index (χ4v) is 1.44. The van der Waals surface area contributed by atoms with Gasteiger partial charge in [0.15, 0.2) is 0 Å². The zero-order valence-corrected chi connectivity index (χ0v) is 13.9. The van der Waals surface area contributed by atoms with Crippen molar-refractivity contribution < 1.29 is 40.6 Å². The third kappa shape index (κ3) is 13.4. The maximum atomic E-state index is 10.1. The fraction of sp³-hybridized carbons (Fsp3) is 1.00. The molecule has 1 radical (unpaired) electrons. The fourth-order valence-electron chi connectivity index (χ4n) is 0.882. The van der Waals surface area contributed by atoms with Gasteiger partial charge in [-0.25, -0.2) is 8.42 Å². The predicted octanol–water partition coefficient (Wildman–Crippen LogP) is 1.50. The molecule has 0 amide bonds. The molecule has 0 heterocycles. The molecule has 3 nitrogen and oxygen atoms in total. The van der Waals surface area contributed by atoms with Crippen LogP contribution < -0.4 is 0 Å². The van der Waals surface area contributed by atoms with Crippen LogP contribution in [0.1, 0.15) is 39.0 Å². The first kappa shape index (κ1) is 15.3. The first-order chi connectivity index (χ1) is 5.06. The van der Waals surface area contributed by atoms with Crippen LogP contribution in [0.25, 0.3) is 0 Å². The summed E-state index contributed by atoms with van der Waals surface area (Å²) in [5, 5.41) is 0. The van der Waals surface area contributed by atoms with Crippen molar-refractivity contribution in [2.24, 2.45) is 0 Å². The van der Waals surface area contributed by atoms with E-state index in [1.165, 1.54) is 0 Å². The molecule has 0 aliphatic carbocycles. The summed E-state index contributed by atoms with van der Waals surface area (Å²) in [6.45, 7) is 2.09. The van der Waals surface area contributed by atoms with Crippen molar-refractivity contribution in [2.45, 2.75) is 39.0 Å². The van der Waals surface area contributed by atoms with Crippen molar-refractivity contribution in [3.8, 4) is 0 Å². The van der Waals surface area contributed by atoms with E-state index in [1.54, 1.807) is 0 Å². The summed E-state index contributed by atoms with van der Waals surface area (Å²) in [6, 6.07) is 0. The van der Waals surface area contributed by atoms with Gasteiger partial charge in [-0.2, -0.15) is 0 Å². The van der Waals surface area contributed by atoms with E-state index in [0.717, 1.165) is 25.7 Å². The molecular weight excluding hydrogens is 365 g/mol. The molecule has 0 bridgehead atoms. The summed E-state index contributed by atoms with van der Waals surface area (Å²) in [5.41, 5.74) is 0. The van der Waals surface area contributed by atoms with Gasteiger partial charge in [0.05, 0.1) is 10.1 Å². The van der Waals surface area contributed by atoms with Gasteiger partial charge in [-0.05, 0) is 6.42 Å². The predicted molar refractivity (Wildman–Crippen MR) is 43.3 cm³/mol. The van der Waals surface area contributed by atoms with Crippen molar-refractivity contribution in [2.75, 3.05) is 5.75 Å². The quantitative estimate of drug-likeness (QED) is 0.399. The Bertz CT molecular complexity index is 177. The third-order valence-corrected chi connectivity index (χ3v) is 2.29. The van der Waals surface area contributed by atoms with Crippen molar-refractivity contribution in [1.82, 2.24) is 0 Å². The van der Waals surface area contributed by atoms with Crippen LogP contribution in [-0.4, -0.2) is 18.7 Å². The zero-order chi connectivity index (χ0) is 8.74. The number of rotatable bonds is 6. The summed E-state index contributed by atoms with van der Waals surface area (Å²) in [5.74, 6) is -0.198. The molecule has 0 aromatic carbocycles. The van der Waals surface area contributed by atoms with E-state index in [1.807, 2.05) is 0 Å². The monoisotopic (exact) mass is 381 g/mol. The van der Waals surface area contributed by atoms with Crippen LogP contribution in [0.3, 0.4) is 0 Å². The van der Waals surface area contributed by atoms with Gasteiger partial charge in [0.1, 0.15) is 0 Å². The molecule has 5 heteroatoms. The zero-order valence-electron chi connectivity index (χ0n) is 7.58. The number of hydrogen-bond donors (Lipinski definition) is 0. The Morgan fingerprint density at radius 3 is 2.00 bits per heavy atom. The number of hydrogen-bond acceptors (Lipinski definition) is 3. The summed E-state index contributed by atoms with van der Waals surface area (Å²) in [7, 11) is -3.96. The van der Waals surface area contributed by atoms with Crippen LogP contribution in [0.15, 0.2) is 0 Å². The topological polar surface area (TPSA) is 57.2 Å². The second kappa shape index (κ2) is 8.44. The van der Waals surface area contributed by atoms with Crippen molar-refractivity contribution >= 4 is 10.1 Å². The van der Waals surface area contributed by atoms with Gasteiger partial charge in [-0.15, -0.1) is 0 Å². The summed E-state index contributed by atoms with van der Waals surface area (Å²) < 4.78 is 30.3. The first-order valence-corrected chi connectivity index (χ1v) is 5.57. The van der Waals surface area contributed by atoms with E-state index in [2.05, 4.69) is 6.92 Å². The molecule has 0 fully saturated rings. The summed E-state index contributed by atoms with van der Waals surface area (Å²) in [6.07, 6.45) is 4.66. The van der Waals surface area contributed by atoms with Crippen LogP contribution in [0.2, 0.25) is 0 Å². The minimum atomic E-state index is -3.96. The molecule has 0 unspecified atom stereocenters. The molecule has 0 aliphatic heterocycles. The Hall–Kier alpha value is 0.845. The Morgan fingerprint density at radius 1 is 1.08 bits per heavy atom. The van der Waals surface area contributed by atoms with Crippen LogP contribution >= 0.6 is 0 Å². The Kier molecular flexibility index (Phi) is 10.8. The van der Waals surface area contributed by atoms with E-state index in [4.69, 9.17) is 0 Å². The Balaban J connectivity index is 0. The molecule has 0 aromatic heterocycles. The van der Waals surface area contributed by atoms with Gasteiger partial charge in [-0.3, -0.25) is 0 Å². The SMILES string of the molecule is CCCCCCCS(=O)(=O)[O-].[Hg+]. The molecular formula is C7H15HgO3S. The smallest absolute Gasteiger partial charge is 0.748 e. The van der Waals surface area contributed by atoms with Gasteiger partial charge >= 0.3 is 27.7 Å². The van der Waals surface area contributed by atoms with E-state index < -0.39 is 10.1 Å². The molecule has 0 aliphatic rings. The second-order valence-corrected chi connectivity index (χ2v) is 4.20. The maximum Gasteiger partial charge on any atom is 1.00 e. The van der Waals surface area contributed by atoms with Crippen molar-refractivity contribution in [1.29, 1.82) is 0 Å². The molecule has 0 aromatic rings. The largest absolute Gasteiger partial charge is 1.00 e. The van der Waals surface area contributed by atoms with Crippen molar-refractivity contribution in [3.05, 3.63) is 0 Å². The van der Waals surface area contributed by atoms with Crippen LogP contribution in [-0.2, 0) is 37.8 Å². The van der Waals surface area contributed by atoms with Gasteiger partial charge < -0.3 is 4.55 Å². The summed E-state index contributed by atoms with van der Waals surface area (Å²) >= 11 is 0. The average molecular weight is 380 g/mol. The minimum Gasteiger partial charge on any atom is -0.748 e. The Morgan fingerprint density at radius 2 is 1.58 bits per heavy atom. The molecule has 0 rings (SSSR count). The molecule has 0 saturated heterocycles. The Labute approximate surface area is 95.2 Å². The van der Waals surface area contributed by atoms with E-state index >= 15 is 0 Å². The molecule has 0 atom stereocenters. The summed E-state index contributed by atoms with van der Waals surface area (Å²) in [4.78, 5) is 0. The standard InChI is InChI=1S/C7H16O3S.Hg/c1-2-3-4-5-6-7-11(8,9)10;/h2-7H2,1H3,(H,8,9,10);/q;+1/p-1. The normalized spacial score (nSPS) is 10.8. The molecule has 0 N–H and O–H groups in total. The first-order valence-electron chi connectivity index (χ1n) is 4.00. The van der Waals surface area contributed by atoms with E-state index in [9.17, 15) is 13.0 Å². The minimum absolute atomic E-state index is 0. The van der Waals surface area contributed by atoms with Crippen LogP contribution in [0, 0.1) is 0 Å². The van der Waals surface area contributed by atoms with Crippen LogP contribution in [0.5, 0.6) is 0 Å². The van der Waals surface area contributed by atoms with Crippen molar-refractivity contribution in [3.63, 3.8) is 0 Å². The molecule has 0 spiro atoms. The second-order valence-electron chi connectivity index (χ2n) is 2.68. The average Bonchev–Trinajstić information content (AvgIpc) is 1.85. The van der Waals surface area contributed by atoms with E-state index in [-0.39, 0.29) is 33.4 Å². The van der Waals surface area contributed by atoms with Gasteiger partial charge in [-0.1, -0.05) is 32.6 Å². The molecule has 0 saturated carbocycles. The molecule has 69 valence electrons. The number of unbranched alkanes of at least 4 members (excludes halogenated alkanes) is 4. The van der Waals surface area contributed by atoms with Gasteiger partial charge in [0.2, 0.25) is 0 Å². The van der Waals surface area contributed by atoms with Gasteiger partial charge in [0.25, 0.3) is 0 Å². The molecule has 12 heavy (non-hydrogen) atoms. The van der Waals surface area contributed by atoms with Gasteiger partial charge in [0, 0.05) is 5.75 Å². The maximum absolute atomic E-state index is 10.1. The van der Waals surface area contributed by atoms with Crippen LogP contribution in [0.4, 0.5) is 0 Å². The van der Waals surface area contributed by atoms with E-state index in [0.29, 0.717) is 6.42 Å².